The Kier molecular flexibility index (Phi) is 5.16. The average molecular weight is 380 g/mol. The van der Waals surface area contributed by atoms with Crippen LogP contribution in [0.2, 0.25) is 0 Å². The van der Waals surface area contributed by atoms with Crippen LogP contribution in [0.3, 0.4) is 0 Å². The molecule has 142 valence electrons. The van der Waals surface area contributed by atoms with E-state index >= 15 is 0 Å². The van der Waals surface area contributed by atoms with Crippen molar-refractivity contribution in [1.29, 1.82) is 0 Å². The molecule has 0 saturated carbocycles. The first-order valence-corrected chi connectivity index (χ1v) is 8.29. The monoisotopic (exact) mass is 380 g/mol. The van der Waals surface area contributed by atoms with Gasteiger partial charge < -0.3 is 9.80 Å². The van der Waals surface area contributed by atoms with E-state index in [4.69, 9.17) is 0 Å². The smallest absolute Gasteiger partial charge is 0.219 e. The van der Waals surface area contributed by atoms with Gasteiger partial charge in [0.15, 0.2) is 29.1 Å². The van der Waals surface area contributed by atoms with Crippen LogP contribution in [0.5, 0.6) is 0 Å². The van der Waals surface area contributed by atoms with Gasteiger partial charge >= 0.3 is 0 Å². The molecule has 0 radical (unpaired) electrons. The van der Waals surface area contributed by atoms with E-state index in [0.717, 1.165) is 0 Å². The summed E-state index contributed by atoms with van der Waals surface area (Å²) < 4.78 is 56.8. The van der Waals surface area contributed by atoms with Gasteiger partial charge in [-0.25, -0.2) is 17.6 Å². The number of carbonyl (C=O) groups is 2. The Balaban J connectivity index is 2.10. The van der Waals surface area contributed by atoms with Gasteiger partial charge in [-0.2, -0.15) is 0 Å². The summed E-state index contributed by atoms with van der Waals surface area (Å²) in [5, 5.41) is 0. The molecule has 0 N–H and O–H groups in total. The predicted molar refractivity (Wildman–Crippen MR) is 90.6 cm³/mol. The third-order valence-corrected chi connectivity index (χ3v) is 4.55. The fourth-order valence-electron chi connectivity index (χ4n) is 3.10. The first-order chi connectivity index (χ1) is 12.8. The Morgan fingerprint density at radius 2 is 1.37 bits per heavy atom. The highest BCUT2D eigenvalue weighted by Gasteiger charge is 2.33. The highest BCUT2D eigenvalue weighted by atomic mass is 19.2. The zero-order chi connectivity index (χ0) is 19.7. The molecule has 0 atom stereocenters. The molecule has 1 heterocycles. The van der Waals surface area contributed by atoms with Gasteiger partial charge in [-0.1, -0.05) is 30.3 Å². The van der Waals surface area contributed by atoms with Gasteiger partial charge in [0, 0.05) is 38.7 Å². The Labute approximate surface area is 153 Å². The van der Waals surface area contributed by atoms with Gasteiger partial charge in [0.05, 0.1) is 11.3 Å². The van der Waals surface area contributed by atoms with E-state index in [-0.39, 0.29) is 37.6 Å². The van der Waals surface area contributed by atoms with Crippen LogP contribution in [-0.4, -0.2) is 42.8 Å². The van der Waals surface area contributed by atoms with Crippen LogP contribution in [0.15, 0.2) is 30.3 Å². The molecule has 0 aromatic heterocycles. The second-order valence-electron chi connectivity index (χ2n) is 6.17. The summed E-state index contributed by atoms with van der Waals surface area (Å²) in [4.78, 5) is 26.9. The quantitative estimate of drug-likeness (QED) is 0.356. The number of ketones is 1. The molecule has 0 unspecified atom stereocenters. The number of hydrogen-bond donors (Lipinski definition) is 0. The Morgan fingerprint density at radius 1 is 0.815 bits per heavy atom. The fraction of sp³-hybridized carbons (Fsp3) is 0.263. The first kappa shape index (κ1) is 18.9. The summed E-state index contributed by atoms with van der Waals surface area (Å²) in [5.41, 5.74) is -1.46. The van der Waals surface area contributed by atoms with Gasteiger partial charge in [-0.3, -0.25) is 9.59 Å². The van der Waals surface area contributed by atoms with Crippen LogP contribution < -0.4 is 4.90 Å². The molecule has 1 fully saturated rings. The van der Waals surface area contributed by atoms with E-state index in [0.29, 0.717) is 0 Å². The van der Waals surface area contributed by atoms with Crippen molar-refractivity contribution in [1.82, 2.24) is 4.90 Å². The maximum Gasteiger partial charge on any atom is 0.219 e. The molecule has 0 bridgehead atoms. The van der Waals surface area contributed by atoms with Gasteiger partial charge in [0.25, 0.3) is 0 Å². The molecular formula is C19H16F4N2O2. The first-order valence-electron chi connectivity index (χ1n) is 8.29. The summed E-state index contributed by atoms with van der Waals surface area (Å²) in [5.74, 6) is -8.49. The third-order valence-electron chi connectivity index (χ3n) is 4.55. The van der Waals surface area contributed by atoms with Crippen molar-refractivity contribution in [3.05, 3.63) is 64.7 Å². The molecule has 1 aliphatic heterocycles. The number of nitrogens with zero attached hydrogens (tertiary/aromatic N) is 2. The normalized spacial score (nSPS) is 14.4. The highest BCUT2D eigenvalue weighted by molar-refractivity contribution is 6.12. The lowest BCUT2D eigenvalue weighted by Gasteiger charge is -2.36. The zero-order valence-electron chi connectivity index (χ0n) is 14.4. The number of amides is 1. The summed E-state index contributed by atoms with van der Waals surface area (Å²) >= 11 is 0. The van der Waals surface area contributed by atoms with E-state index < -0.39 is 40.3 Å². The minimum Gasteiger partial charge on any atom is -0.365 e. The molecule has 0 aliphatic carbocycles. The minimum atomic E-state index is -2.03. The lowest BCUT2D eigenvalue weighted by Crippen LogP contribution is -2.49. The minimum absolute atomic E-state index is 0.0189. The molecule has 27 heavy (non-hydrogen) atoms. The second kappa shape index (κ2) is 7.38. The van der Waals surface area contributed by atoms with Crippen molar-refractivity contribution in [2.75, 3.05) is 31.1 Å². The molecule has 1 amide bonds. The maximum atomic E-state index is 14.6. The van der Waals surface area contributed by atoms with Crippen LogP contribution >= 0.6 is 0 Å². The summed E-state index contributed by atoms with van der Waals surface area (Å²) in [6.45, 7) is 1.85. The van der Waals surface area contributed by atoms with Crippen LogP contribution in [0.4, 0.5) is 23.2 Å². The molecular weight excluding hydrogens is 364 g/mol. The van der Waals surface area contributed by atoms with Crippen LogP contribution in [-0.2, 0) is 4.79 Å². The van der Waals surface area contributed by atoms with Crippen molar-refractivity contribution in [3.63, 3.8) is 0 Å². The summed E-state index contributed by atoms with van der Waals surface area (Å²) in [6.07, 6.45) is 0. The largest absolute Gasteiger partial charge is 0.365 e. The Bertz CT molecular complexity index is 895. The predicted octanol–water partition coefficient (Wildman–Crippen LogP) is 3.14. The van der Waals surface area contributed by atoms with Gasteiger partial charge in [0.2, 0.25) is 5.91 Å². The standard InChI is InChI=1S/C19H16F4N2O2/c1-11(26)24-7-9-25(10-8-24)18-13(14(20)15(21)16(22)17(18)23)19(27)12-5-3-2-4-6-12/h2-6H,7-10H2,1H3. The topological polar surface area (TPSA) is 40.6 Å². The van der Waals surface area contributed by atoms with Gasteiger partial charge in [0.1, 0.15) is 0 Å². The van der Waals surface area contributed by atoms with Crippen molar-refractivity contribution in [2.45, 2.75) is 6.92 Å². The van der Waals surface area contributed by atoms with E-state index in [2.05, 4.69) is 0 Å². The fourth-order valence-corrected chi connectivity index (χ4v) is 3.10. The number of rotatable bonds is 3. The molecule has 1 aliphatic rings. The lowest BCUT2D eigenvalue weighted by molar-refractivity contribution is -0.129. The van der Waals surface area contributed by atoms with E-state index in [1.807, 2.05) is 0 Å². The van der Waals surface area contributed by atoms with Crippen LogP contribution in [0.25, 0.3) is 0 Å². The van der Waals surface area contributed by atoms with Crippen LogP contribution in [0.1, 0.15) is 22.8 Å². The number of hydrogen-bond acceptors (Lipinski definition) is 3. The van der Waals surface area contributed by atoms with E-state index in [1.165, 1.54) is 41.0 Å². The number of piperazine rings is 1. The molecule has 1 saturated heterocycles. The third kappa shape index (κ3) is 3.39. The molecule has 2 aromatic rings. The molecule has 2 aromatic carbocycles. The Hall–Kier alpha value is -2.90. The Morgan fingerprint density at radius 3 is 1.93 bits per heavy atom. The number of halogens is 4. The summed E-state index contributed by atoms with van der Waals surface area (Å²) in [7, 11) is 0. The van der Waals surface area contributed by atoms with Crippen molar-refractivity contribution < 1.29 is 27.2 Å². The second-order valence-corrected chi connectivity index (χ2v) is 6.17. The van der Waals surface area contributed by atoms with Crippen molar-refractivity contribution >= 4 is 17.4 Å². The maximum absolute atomic E-state index is 14.6. The lowest BCUT2D eigenvalue weighted by atomic mass is 9.99. The number of benzene rings is 2. The molecule has 3 rings (SSSR count). The molecule has 8 heteroatoms. The van der Waals surface area contributed by atoms with Crippen molar-refractivity contribution in [3.8, 4) is 0 Å². The number of carbonyl (C=O) groups excluding carboxylic acids is 2. The van der Waals surface area contributed by atoms with Gasteiger partial charge in [-0.05, 0) is 0 Å². The average Bonchev–Trinajstić information content (AvgIpc) is 2.69. The zero-order valence-corrected chi connectivity index (χ0v) is 14.4. The van der Waals surface area contributed by atoms with E-state index in [1.54, 1.807) is 6.07 Å². The molecule has 4 nitrogen and oxygen atoms in total. The van der Waals surface area contributed by atoms with E-state index in [9.17, 15) is 27.2 Å². The van der Waals surface area contributed by atoms with Crippen LogP contribution in [0, 0.1) is 23.3 Å². The van der Waals surface area contributed by atoms with Gasteiger partial charge in [-0.15, -0.1) is 0 Å². The van der Waals surface area contributed by atoms with Crippen molar-refractivity contribution in [2.24, 2.45) is 0 Å². The SMILES string of the molecule is CC(=O)N1CCN(c2c(F)c(F)c(F)c(F)c2C(=O)c2ccccc2)CC1. The summed E-state index contributed by atoms with van der Waals surface area (Å²) in [6, 6.07) is 7.41. The molecule has 0 spiro atoms. The highest BCUT2D eigenvalue weighted by Crippen LogP contribution is 2.33. The number of anilines is 1.